The molecular formula is C20H24N2O3. The molecule has 1 heterocycles. The fourth-order valence-electron chi connectivity index (χ4n) is 3.53. The SMILES string of the molecule is CC1CC(C(=O)O)CN(C(=O)NC(C)c2ccc3ccccc3c2)C1. The van der Waals surface area contributed by atoms with Crippen LogP contribution in [0.1, 0.15) is 31.9 Å². The van der Waals surface area contributed by atoms with Gasteiger partial charge in [-0.25, -0.2) is 4.79 Å². The maximum atomic E-state index is 12.6. The molecule has 2 N–H and O–H groups in total. The third kappa shape index (κ3) is 3.92. The van der Waals surface area contributed by atoms with Gasteiger partial charge in [-0.3, -0.25) is 4.79 Å². The van der Waals surface area contributed by atoms with Crippen molar-refractivity contribution in [1.82, 2.24) is 10.2 Å². The van der Waals surface area contributed by atoms with Crippen molar-refractivity contribution in [3.63, 3.8) is 0 Å². The normalized spacial score (nSPS) is 21.8. The van der Waals surface area contributed by atoms with Gasteiger partial charge in [-0.2, -0.15) is 0 Å². The molecule has 3 unspecified atom stereocenters. The van der Waals surface area contributed by atoms with Crippen LogP contribution >= 0.6 is 0 Å². The van der Waals surface area contributed by atoms with Crippen LogP contribution in [0.3, 0.4) is 0 Å². The molecule has 0 bridgehead atoms. The summed E-state index contributed by atoms with van der Waals surface area (Å²) in [5, 5.41) is 14.6. The minimum atomic E-state index is -0.827. The molecule has 1 fully saturated rings. The second-order valence-corrected chi connectivity index (χ2v) is 7.06. The number of piperidine rings is 1. The number of nitrogens with one attached hydrogen (secondary N) is 1. The molecule has 132 valence electrons. The van der Waals surface area contributed by atoms with Crippen LogP contribution in [0.25, 0.3) is 10.8 Å². The highest BCUT2D eigenvalue weighted by Gasteiger charge is 2.32. The lowest BCUT2D eigenvalue weighted by atomic mass is 9.91. The molecule has 25 heavy (non-hydrogen) atoms. The number of carbonyl (C=O) groups excluding carboxylic acids is 1. The number of nitrogens with zero attached hydrogens (tertiary/aromatic N) is 1. The maximum absolute atomic E-state index is 12.6. The van der Waals surface area contributed by atoms with Crippen molar-refractivity contribution < 1.29 is 14.7 Å². The lowest BCUT2D eigenvalue weighted by molar-refractivity contribution is -0.143. The third-order valence-electron chi connectivity index (χ3n) is 4.91. The van der Waals surface area contributed by atoms with E-state index in [1.807, 2.05) is 32.0 Å². The molecular weight excluding hydrogens is 316 g/mol. The molecule has 0 spiro atoms. The summed E-state index contributed by atoms with van der Waals surface area (Å²) in [4.78, 5) is 25.5. The Kier molecular flexibility index (Phi) is 4.93. The van der Waals surface area contributed by atoms with Crippen LogP contribution in [-0.2, 0) is 4.79 Å². The molecule has 5 nitrogen and oxygen atoms in total. The van der Waals surface area contributed by atoms with E-state index in [4.69, 9.17) is 0 Å². The van der Waals surface area contributed by atoms with Crippen LogP contribution in [0.15, 0.2) is 42.5 Å². The molecule has 1 saturated heterocycles. The van der Waals surface area contributed by atoms with Gasteiger partial charge in [-0.1, -0.05) is 43.3 Å². The first-order chi connectivity index (χ1) is 11.9. The van der Waals surface area contributed by atoms with Crippen molar-refractivity contribution in [2.75, 3.05) is 13.1 Å². The first-order valence-electron chi connectivity index (χ1n) is 8.71. The van der Waals surface area contributed by atoms with Crippen molar-refractivity contribution in [3.05, 3.63) is 48.0 Å². The van der Waals surface area contributed by atoms with Gasteiger partial charge >= 0.3 is 12.0 Å². The van der Waals surface area contributed by atoms with Gasteiger partial charge in [0.05, 0.1) is 12.0 Å². The number of carbonyl (C=O) groups is 2. The van der Waals surface area contributed by atoms with E-state index in [9.17, 15) is 14.7 Å². The van der Waals surface area contributed by atoms with Crippen molar-refractivity contribution in [1.29, 1.82) is 0 Å². The minimum Gasteiger partial charge on any atom is -0.481 e. The molecule has 3 rings (SSSR count). The standard InChI is InChI=1S/C20H24N2O3/c1-13-9-18(19(23)24)12-22(11-13)20(25)21-14(2)16-8-7-15-5-3-4-6-17(15)10-16/h3-8,10,13-14,18H,9,11-12H2,1-2H3,(H,21,25)(H,23,24). The molecule has 3 atom stereocenters. The predicted octanol–water partition coefficient (Wildman–Crippen LogP) is 3.65. The number of rotatable bonds is 3. The Bertz CT molecular complexity index is 789. The Hall–Kier alpha value is -2.56. The Morgan fingerprint density at radius 2 is 1.88 bits per heavy atom. The topological polar surface area (TPSA) is 69.6 Å². The lowest BCUT2D eigenvalue weighted by Crippen LogP contribution is -2.49. The van der Waals surface area contributed by atoms with Gasteiger partial charge in [0, 0.05) is 13.1 Å². The lowest BCUT2D eigenvalue weighted by Gasteiger charge is -2.35. The van der Waals surface area contributed by atoms with Crippen LogP contribution in [0.2, 0.25) is 0 Å². The summed E-state index contributed by atoms with van der Waals surface area (Å²) in [7, 11) is 0. The fraction of sp³-hybridized carbons (Fsp3) is 0.400. The first kappa shape index (κ1) is 17.3. The van der Waals surface area contributed by atoms with Crippen molar-refractivity contribution >= 4 is 22.8 Å². The van der Waals surface area contributed by atoms with E-state index in [0.717, 1.165) is 10.9 Å². The first-order valence-corrected chi connectivity index (χ1v) is 8.71. The number of benzene rings is 2. The molecule has 5 heteroatoms. The number of amides is 2. The van der Waals surface area contributed by atoms with Crippen molar-refractivity contribution in [2.24, 2.45) is 11.8 Å². The number of aliphatic carboxylic acids is 1. The van der Waals surface area contributed by atoms with E-state index in [0.29, 0.717) is 13.0 Å². The Morgan fingerprint density at radius 3 is 2.60 bits per heavy atom. The smallest absolute Gasteiger partial charge is 0.317 e. The molecule has 1 aliphatic rings. The maximum Gasteiger partial charge on any atom is 0.317 e. The summed E-state index contributed by atoms with van der Waals surface area (Å²) in [6, 6.07) is 13.9. The van der Waals surface area contributed by atoms with Crippen LogP contribution in [0, 0.1) is 11.8 Å². The number of hydrogen-bond donors (Lipinski definition) is 2. The summed E-state index contributed by atoms with van der Waals surface area (Å²) >= 11 is 0. The van der Waals surface area contributed by atoms with E-state index < -0.39 is 11.9 Å². The van der Waals surface area contributed by atoms with E-state index in [1.54, 1.807) is 4.90 Å². The summed E-state index contributed by atoms with van der Waals surface area (Å²) in [6.07, 6.45) is 0.624. The van der Waals surface area contributed by atoms with Gasteiger partial charge in [-0.15, -0.1) is 0 Å². The zero-order chi connectivity index (χ0) is 18.0. The number of carboxylic acids is 1. The molecule has 1 aliphatic heterocycles. The summed E-state index contributed by atoms with van der Waals surface area (Å²) in [5.41, 5.74) is 1.03. The number of urea groups is 1. The van der Waals surface area contributed by atoms with Crippen LogP contribution in [-0.4, -0.2) is 35.1 Å². The molecule has 2 amide bonds. The minimum absolute atomic E-state index is 0.141. The van der Waals surface area contributed by atoms with Crippen LogP contribution in [0.4, 0.5) is 4.79 Å². The zero-order valence-corrected chi connectivity index (χ0v) is 14.6. The van der Waals surface area contributed by atoms with Crippen molar-refractivity contribution in [2.45, 2.75) is 26.3 Å². The summed E-state index contributed by atoms with van der Waals surface area (Å²) in [5.74, 6) is -1.12. The fourth-order valence-corrected chi connectivity index (χ4v) is 3.53. The van der Waals surface area contributed by atoms with E-state index in [-0.39, 0.29) is 24.5 Å². The highest BCUT2D eigenvalue weighted by molar-refractivity contribution is 5.83. The highest BCUT2D eigenvalue weighted by atomic mass is 16.4. The van der Waals surface area contributed by atoms with E-state index in [1.165, 1.54) is 5.39 Å². The summed E-state index contributed by atoms with van der Waals surface area (Å²) < 4.78 is 0. The van der Waals surface area contributed by atoms with Crippen LogP contribution in [0.5, 0.6) is 0 Å². The summed E-state index contributed by atoms with van der Waals surface area (Å²) in [6.45, 7) is 4.81. The quantitative estimate of drug-likeness (QED) is 0.896. The van der Waals surface area contributed by atoms with E-state index in [2.05, 4.69) is 29.6 Å². The number of carboxylic acid groups (broad SMARTS) is 1. The van der Waals surface area contributed by atoms with Gasteiger partial charge in [0.2, 0.25) is 0 Å². The van der Waals surface area contributed by atoms with Gasteiger partial charge in [0.15, 0.2) is 0 Å². The highest BCUT2D eigenvalue weighted by Crippen LogP contribution is 2.23. The van der Waals surface area contributed by atoms with E-state index >= 15 is 0 Å². The number of hydrogen-bond acceptors (Lipinski definition) is 2. The third-order valence-corrected chi connectivity index (χ3v) is 4.91. The Balaban J connectivity index is 1.69. The Morgan fingerprint density at radius 1 is 1.16 bits per heavy atom. The van der Waals surface area contributed by atoms with Crippen LogP contribution < -0.4 is 5.32 Å². The average Bonchev–Trinajstić information content (AvgIpc) is 2.60. The number of likely N-dealkylation sites (tertiary alicyclic amines) is 1. The zero-order valence-electron chi connectivity index (χ0n) is 14.6. The molecule has 2 aromatic rings. The van der Waals surface area contributed by atoms with Gasteiger partial charge in [0.25, 0.3) is 0 Å². The van der Waals surface area contributed by atoms with Gasteiger partial charge in [0.1, 0.15) is 0 Å². The molecule has 2 aromatic carbocycles. The second-order valence-electron chi connectivity index (χ2n) is 7.06. The predicted molar refractivity (Wildman–Crippen MR) is 97.4 cm³/mol. The molecule has 0 radical (unpaired) electrons. The van der Waals surface area contributed by atoms with Crippen molar-refractivity contribution in [3.8, 4) is 0 Å². The Labute approximate surface area is 147 Å². The molecule has 0 saturated carbocycles. The second kappa shape index (κ2) is 7.13. The molecule has 0 aliphatic carbocycles. The largest absolute Gasteiger partial charge is 0.481 e. The molecule has 0 aromatic heterocycles. The van der Waals surface area contributed by atoms with Gasteiger partial charge in [-0.05, 0) is 41.7 Å². The monoisotopic (exact) mass is 340 g/mol. The number of fused-ring (bicyclic) bond motifs is 1. The van der Waals surface area contributed by atoms with Gasteiger partial charge < -0.3 is 15.3 Å². The average molecular weight is 340 g/mol.